The predicted octanol–water partition coefficient (Wildman–Crippen LogP) is 2.02. The molecule has 1 aromatic rings. The summed E-state index contributed by atoms with van der Waals surface area (Å²) in [6.45, 7) is 1.73. The molecule has 1 unspecified atom stereocenters. The van der Waals surface area contributed by atoms with Crippen molar-refractivity contribution in [3.05, 3.63) is 29.3 Å². The Balaban J connectivity index is 3.37. The van der Waals surface area contributed by atoms with E-state index in [1.807, 2.05) is 0 Å². The van der Waals surface area contributed by atoms with Crippen LogP contribution in [0.3, 0.4) is 0 Å². The zero-order chi connectivity index (χ0) is 13.9. The zero-order valence-corrected chi connectivity index (χ0v) is 10.2. The third kappa shape index (κ3) is 2.82. The van der Waals surface area contributed by atoms with E-state index < -0.39 is 40.1 Å². The second kappa shape index (κ2) is 5.87. The van der Waals surface area contributed by atoms with Crippen LogP contribution in [-0.2, 0) is 11.3 Å². The van der Waals surface area contributed by atoms with Gasteiger partial charge in [0.25, 0.3) is 11.3 Å². The van der Waals surface area contributed by atoms with Crippen molar-refractivity contribution in [1.82, 2.24) is 0 Å². The number of aromatic carboxylic acids is 1. The van der Waals surface area contributed by atoms with Gasteiger partial charge in [0.2, 0.25) is 0 Å². The molecular weight excluding hydrogens is 268 g/mol. The van der Waals surface area contributed by atoms with Crippen LogP contribution in [0.4, 0.5) is 14.5 Å². The molecule has 0 saturated carbocycles. The number of carboxylic acid groups (broad SMARTS) is 1. The lowest BCUT2D eigenvalue weighted by atomic mass is 10.1. The summed E-state index contributed by atoms with van der Waals surface area (Å²) < 4.78 is 47.8. The molecule has 5 nitrogen and oxygen atoms in total. The van der Waals surface area contributed by atoms with Gasteiger partial charge < -0.3 is 5.11 Å². The van der Waals surface area contributed by atoms with Gasteiger partial charge in [-0.2, -0.15) is 0 Å². The first kappa shape index (κ1) is 14.5. The molecule has 0 bridgehead atoms. The standard InChI is InChI=1S/C10H11F2NO4S/c1-2-5-13(18(16)17)7-4-3-6(11)8(9(7)12)10(14)15/h3-4H,2,5H2,1H3,(H,14,15)(H,16,17). The number of benzene rings is 1. The van der Waals surface area contributed by atoms with E-state index in [1.165, 1.54) is 0 Å². The van der Waals surface area contributed by atoms with Gasteiger partial charge in [0.1, 0.15) is 11.4 Å². The molecule has 0 saturated heterocycles. The fraction of sp³-hybridized carbons (Fsp3) is 0.300. The van der Waals surface area contributed by atoms with Crippen LogP contribution in [0.25, 0.3) is 0 Å². The van der Waals surface area contributed by atoms with E-state index in [4.69, 9.17) is 9.66 Å². The maximum absolute atomic E-state index is 13.8. The van der Waals surface area contributed by atoms with Crippen molar-refractivity contribution in [1.29, 1.82) is 0 Å². The smallest absolute Gasteiger partial charge is 0.341 e. The lowest BCUT2D eigenvalue weighted by Gasteiger charge is -2.20. The highest BCUT2D eigenvalue weighted by atomic mass is 32.2. The average molecular weight is 279 g/mol. The minimum Gasteiger partial charge on any atom is -0.477 e. The molecule has 8 heteroatoms. The first-order chi connectivity index (χ1) is 8.40. The molecule has 0 aliphatic carbocycles. The third-order valence-electron chi connectivity index (χ3n) is 2.17. The van der Waals surface area contributed by atoms with Gasteiger partial charge in [0.15, 0.2) is 5.82 Å². The van der Waals surface area contributed by atoms with Crippen LogP contribution in [0, 0.1) is 11.6 Å². The molecular formula is C10H11F2NO4S. The van der Waals surface area contributed by atoms with E-state index >= 15 is 0 Å². The van der Waals surface area contributed by atoms with Gasteiger partial charge in [-0.05, 0) is 18.6 Å². The van der Waals surface area contributed by atoms with Crippen LogP contribution in [-0.4, -0.2) is 26.4 Å². The summed E-state index contributed by atoms with van der Waals surface area (Å²) in [4.78, 5) is 10.7. The summed E-state index contributed by atoms with van der Waals surface area (Å²) >= 11 is -2.51. The molecule has 0 aromatic heterocycles. The Morgan fingerprint density at radius 3 is 2.50 bits per heavy atom. The Morgan fingerprint density at radius 1 is 1.44 bits per heavy atom. The van der Waals surface area contributed by atoms with Gasteiger partial charge in [-0.1, -0.05) is 6.92 Å². The molecule has 0 amide bonds. The van der Waals surface area contributed by atoms with E-state index in [2.05, 4.69) is 0 Å². The van der Waals surface area contributed by atoms with Crippen molar-refractivity contribution in [3.8, 4) is 0 Å². The quantitative estimate of drug-likeness (QED) is 0.808. The minimum atomic E-state index is -2.51. The van der Waals surface area contributed by atoms with E-state index in [0.29, 0.717) is 6.42 Å². The Hall–Kier alpha value is -1.54. The summed E-state index contributed by atoms with van der Waals surface area (Å²) in [5.41, 5.74) is -1.56. The first-order valence-electron chi connectivity index (χ1n) is 5.00. The van der Waals surface area contributed by atoms with Crippen molar-refractivity contribution >= 4 is 22.9 Å². The Labute approximate surface area is 104 Å². The van der Waals surface area contributed by atoms with Gasteiger partial charge in [0.05, 0.1) is 5.69 Å². The fourth-order valence-electron chi connectivity index (χ4n) is 1.42. The molecule has 1 atom stereocenters. The number of rotatable bonds is 5. The van der Waals surface area contributed by atoms with Crippen molar-refractivity contribution in [2.24, 2.45) is 0 Å². The zero-order valence-electron chi connectivity index (χ0n) is 9.39. The van der Waals surface area contributed by atoms with Crippen LogP contribution < -0.4 is 4.31 Å². The molecule has 0 heterocycles. The van der Waals surface area contributed by atoms with Crippen molar-refractivity contribution in [2.45, 2.75) is 13.3 Å². The molecule has 1 rings (SSSR count). The number of carbonyl (C=O) groups is 1. The summed E-state index contributed by atoms with van der Waals surface area (Å²) in [5, 5.41) is 8.68. The highest BCUT2D eigenvalue weighted by Gasteiger charge is 2.24. The predicted molar refractivity (Wildman–Crippen MR) is 61.7 cm³/mol. The Morgan fingerprint density at radius 2 is 2.06 bits per heavy atom. The first-order valence-corrected chi connectivity index (χ1v) is 6.06. The normalized spacial score (nSPS) is 12.2. The van der Waals surface area contributed by atoms with Crippen molar-refractivity contribution in [3.63, 3.8) is 0 Å². The molecule has 0 aliphatic rings. The molecule has 18 heavy (non-hydrogen) atoms. The van der Waals surface area contributed by atoms with Crippen LogP contribution in [0.2, 0.25) is 0 Å². The summed E-state index contributed by atoms with van der Waals surface area (Å²) in [7, 11) is 0. The van der Waals surface area contributed by atoms with Crippen LogP contribution in [0.15, 0.2) is 12.1 Å². The second-order valence-electron chi connectivity index (χ2n) is 3.39. The maximum Gasteiger partial charge on any atom is 0.341 e. The largest absolute Gasteiger partial charge is 0.477 e. The number of hydrogen-bond acceptors (Lipinski definition) is 2. The van der Waals surface area contributed by atoms with Crippen LogP contribution >= 0.6 is 0 Å². The lowest BCUT2D eigenvalue weighted by Crippen LogP contribution is -2.27. The van der Waals surface area contributed by atoms with Gasteiger partial charge in [-0.15, -0.1) is 0 Å². The SMILES string of the molecule is CCCN(c1ccc(F)c(C(=O)O)c1F)S(=O)O. The van der Waals surface area contributed by atoms with Crippen LogP contribution in [0.5, 0.6) is 0 Å². The Bertz CT molecular complexity index is 495. The van der Waals surface area contributed by atoms with Crippen molar-refractivity contribution < 1.29 is 27.4 Å². The Kier molecular flexibility index (Phi) is 4.74. The average Bonchev–Trinajstić information content (AvgIpc) is 2.26. The summed E-state index contributed by atoms with van der Waals surface area (Å²) in [6, 6.07) is 1.68. The fourth-order valence-corrected chi connectivity index (χ4v) is 2.06. The highest BCUT2D eigenvalue weighted by Crippen LogP contribution is 2.25. The number of hydrogen-bond donors (Lipinski definition) is 2. The topological polar surface area (TPSA) is 77.8 Å². The van der Waals surface area contributed by atoms with E-state index in [9.17, 15) is 17.8 Å². The van der Waals surface area contributed by atoms with Gasteiger partial charge in [-0.25, -0.2) is 17.8 Å². The number of nitrogens with zero attached hydrogens (tertiary/aromatic N) is 1. The monoisotopic (exact) mass is 279 g/mol. The molecule has 2 N–H and O–H groups in total. The van der Waals surface area contributed by atoms with Gasteiger partial charge in [-0.3, -0.25) is 8.86 Å². The van der Waals surface area contributed by atoms with Crippen molar-refractivity contribution in [2.75, 3.05) is 10.8 Å². The highest BCUT2D eigenvalue weighted by molar-refractivity contribution is 7.80. The molecule has 0 fully saturated rings. The summed E-state index contributed by atoms with van der Waals surface area (Å²) in [6.07, 6.45) is 0.436. The lowest BCUT2D eigenvalue weighted by molar-refractivity contribution is 0.0686. The molecule has 0 radical (unpaired) electrons. The molecule has 0 aliphatic heterocycles. The van der Waals surface area contributed by atoms with E-state index in [-0.39, 0.29) is 6.54 Å². The molecule has 1 aromatic carbocycles. The van der Waals surface area contributed by atoms with E-state index in [1.54, 1.807) is 6.92 Å². The van der Waals surface area contributed by atoms with Gasteiger partial charge >= 0.3 is 5.97 Å². The molecule has 100 valence electrons. The van der Waals surface area contributed by atoms with Crippen LogP contribution in [0.1, 0.15) is 23.7 Å². The minimum absolute atomic E-state index is 0.0325. The van der Waals surface area contributed by atoms with E-state index in [0.717, 1.165) is 16.4 Å². The second-order valence-corrected chi connectivity index (χ2v) is 4.30. The molecule has 0 spiro atoms. The number of halogens is 2. The summed E-state index contributed by atoms with van der Waals surface area (Å²) in [5.74, 6) is -4.37. The number of carboxylic acids is 1. The number of anilines is 1. The third-order valence-corrected chi connectivity index (χ3v) is 2.92. The maximum atomic E-state index is 13.8. The van der Waals surface area contributed by atoms with Gasteiger partial charge in [0, 0.05) is 6.54 Å².